The highest BCUT2D eigenvalue weighted by Gasteiger charge is 2.24. The molecule has 5 heteroatoms. The molecule has 22 heavy (non-hydrogen) atoms. The molecule has 4 nitrogen and oxygen atoms in total. The van der Waals surface area contributed by atoms with Crippen LogP contribution in [0.1, 0.15) is 16.7 Å². The molecule has 2 aromatic carbocycles. The van der Waals surface area contributed by atoms with Crippen LogP contribution in [0.2, 0.25) is 6.82 Å². The molecule has 0 fully saturated rings. The fourth-order valence-corrected chi connectivity index (χ4v) is 2.74. The minimum Gasteiger partial charge on any atom is -0.427 e. The van der Waals surface area contributed by atoms with Gasteiger partial charge in [-0.2, -0.15) is 10.5 Å². The van der Waals surface area contributed by atoms with E-state index < -0.39 is 0 Å². The summed E-state index contributed by atoms with van der Waals surface area (Å²) in [5.74, 6) is 0. The number of nitrogens with zero attached hydrogens (tertiary/aromatic N) is 3. The van der Waals surface area contributed by atoms with Gasteiger partial charge < -0.3 is 9.55 Å². The summed E-state index contributed by atoms with van der Waals surface area (Å²) in [6.45, 7) is 2.78. The fraction of sp³-hybridized carbons (Fsp3) is 0.176. The van der Waals surface area contributed by atoms with Crippen LogP contribution in [0.5, 0.6) is 0 Å². The number of anilines is 2. The van der Waals surface area contributed by atoms with Gasteiger partial charge >= 0.3 is 6.92 Å². The number of hydrogen-bond donors (Lipinski definition) is 0. The van der Waals surface area contributed by atoms with Gasteiger partial charge in [-0.3, -0.25) is 0 Å². The zero-order valence-corrected chi connectivity index (χ0v) is 12.5. The summed E-state index contributed by atoms with van der Waals surface area (Å²) in [6.07, 6.45) is 0. The van der Waals surface area contributed by atoms with E-state index in [2.05, 4.69) is 24.3 Å². The molecule has 0 N–H and O–H groups in total. The first-order valence-corrected chi connectivity index (χ1v) is 7.06. The van der Waals surface area contributed by atoms with Crippen molar-refractivity contribution in [2.45, 2.75) is 13.4 Å². The maximum Gasteiger partial charge on any atom is 0.324 e. The second-order valence-corrected chi connectivity index (χ2v) is 5.35. The van der Waals surface area contributed by atoms with Crippen molar-refractivity contribution >= 4 is 23.8 Å². The van der Waals surface area contributed by atoms with Crippen molar-refractivity contribution in [3.8, 4) is 12.1 Å². The Bertz CT molecular complexity index is 820. The van der Waals surface area contributed by atoms with E-state index in [0.717, 1.165) is 11.4 Å². The molecule has 0 atom stereocenters. The molecule has 0 radical (unpaired) electrons. The van der Waals surface area contributed by atoms with Crippen molar-refractivity contribution < 1.29 is 4.65 Å². The Morgan fingerprint density at radius 3 is 2.68 bits per heavy atom. The molecule has 3 rings (SSSR count). The van der Waals surface area contributed by atoms with Crippen molar-refractivity contribution in [1.82, 2.24) is 0 Å². The fourth-order valence-electron chi connectivity index (χ4n) is 2.74. The van der Waals surface area contributed by atoms with E-state index in [1.807, 2.05) is 24.8 Å². The summed E-state index contributed by atoms with van der Waals surface area (Å²) >= 11 is 0. The third-order valence-corrected chi connectivity index (χ3v) is 4.05. The van der Waals surface area contributed by atoms with E-state index in [1.165, 1.54) is 11.0 Å². The van der Waals surface area contributed by atoms with Gasteiger partial charge in [0, 0.05) is 12.7 Å². The quantitative estimate of drug-likeness (QED) is 0.796. The largest absolute Gasteiger partial charge is 0.427 e. The van der Waals surface area contributed by atoms with Crippen LogP contribution in [0.4, 0.5) is 11.4 Å². The molecule has 0 saturated heterocycles. The van der Waals surface area contributed by atoms with Gasteiger partial charge in [0.05, 0.1) is 29.5 Å². The van der Waals surface area contributed by atoms with Crippen LogP contribution in [0.25, 0.3) is 0 Å². The second-order valence-electron chi connectivity index (χ2n) is 5.35. The van der Waals surface area contributed by atoms with E-state index in [0.29, 0.717) is 17.7 Å². The molecule has 1 aliphatic heterocycles. The summed E-state index contributed by atoms with van der Waals surface area (Å²) in [6, 6.07) is 15.6. The van der Waals surface area contributed by atoms with Crippen LogP contribution < -0.4 is 10.4 Å². The molecule has 1 heterocycles. The highest BCUT2D eigenvalue weighted by Crippen LogP contribution is 2.29. The van der Waals surface area contributed by atoms with Gasteiger partial charge in [-0.25, -0.2) is 0 Å². The highest BCUT2D eigenvalue weighted by molar-refractivity contribution is 6.67. The molecule has 0 bridgehead atoms. The normalized spacial score (nSPS) is 12.5. The smallest absolute Gasteiger partial charge is 0.324 e. The van der Waals surface area contributed by atoms with Gasteiger partial charge in [0.25, 0.3) is 0 Å². The molecular weight excluding hydrogens is 273 g/mol. The van der Waals surface area contributed by atoms with E-state index in [9.17, 15) is 5.26 Å². The number of nitriles is 2. The summed E-state index contributed by atoms with van der Waals surface area (Å²) in [5.41, 5.74) is 5.18. The van der Waals surface area contributed by atoms with Gasteiger partial charge in [-0.15, -0.1) is 0 Å². The van der Waals surface area contributed by atoms with Crippen LogP contribution in [-0.4, -0.2) is 14.0 Å². The summed E-state index contributed by atoms with van der Waals surface area (Å²) in [7, 11) is 1.90. The molecule has 0 aliphatic carbocycles. The first-order chi connectivity index (χ1) is 10.6. The first-order valence-electron chi connectivity index (χ1n) is 7.06. The third-order valence-electron chi connectivity index (χ3n) is 4.05. The van der Waals surface area contributed by atoms with Gasteiger partial charge in [0.2, 0.25) is 0 Å². The molecule has 0 unspecified atom stereocenters. The van der Waals surface area contributed by atoms with E-state index in [-0.39, 0.29) is 6.92 Å². The molecule has 0 saturated carbocycles. The van der Waals surface area contributed by atoms with Crippen LogP contribution in [-0.2, 0) is 11.3 Å². The van der Waals surface area contributed by atoms with Crippen LogP contribution >= 0.6 is 0 Å². The maximum absolute atomic E-state index is 9.29. The average molecular weight is 287 g/mol. The van der Waals surface area contributed by atoms with Gasteiger partial charge in [-0.05, 0) is 41.4 Å². The predicted molar refractivity (Wildman–Crippen MR) is 86.4 cm³/mol. The zero-order valence-electron chi connectivity index (χ0n) is 12.5. The lowest BCUT2D eigenvalue weighted by Gasteiger charge is -2.21. The molecule has 106 valence electrons. The standard InChI is InChI=1S/C17H14BN3O/c1-18-16-6-5-15(8-14(16)11-22-18)21(2)17-7-12(9-19)3-4-13(17)10-20/h3-8H,11H2,1-2H3. The Morgan fingerprint density at radius 1 is 1.14 bits per heavy atom. The zero-order chi connectivity index (χ0) is 15.7. The molecule has 0 aromatic heterocycles. The minimum absolute atomic E-state index is 0.131. The Hall–Kier alpha value is -2.76. The van der Waals surface area contributed by atoms with E-state index in [1.54, 1.807) is 18.2 Å². The number of hydrogen-bond acceptors (Lipinski definition) is 4. The highest BCUT2D eigenvalue weighted by atomic mass is 16.4. The van der Waals surface area contributed by atoms with Crippen molar-refractivity contribution in [1.29, 1.82) is 10.5 Å². The summed E-state index contributed by atoms with van der Waals surface area (Å²) in [5, 5.41) is 18.4. The first kappa shape index (κ1) is 14.2. The maximum atomic E-state index is 9.29. The molecule has 1 aliphatic rings. The summed E-state index contributed by atoms with van der Waals surface area (Å²) in [4.78, 5) is 1.93. The van der Waals surface area contributed by atoms with Crippen LogP contribution in [0.3, 0.4) is 0 Å². The van der Waals surface area contributed by atoms with E-state index in [4.69, 9.17) is 9.92 Å². The second kappa shape index (κ2) is 5.56. The van der Waals surface area contributed by atoms with Crippen molar-refractivity contribution in [2.75, 3.05) is 11.9 Å². The van der Waals surface area contributed by atoms with Crippen molar-refractivity contribution in [2.24, 2.45) is 0 Å². The van der Waals surface area contributed by atoms with Crippen LogP contribution in [0, 0.1) is 22.7 Å². The van der Waals surface area contributed by atoms with Crippen molar-refractivity contribution in [3.05, 3.63) is 53.1 Å². The Morgan fingerprint density at radius 2 is 1.95 bits per heavy atom. The minimum atomic E-state index is 0.131. The molecule has 0 spiro atoms. The van der Waals surface area contributed by atoms with Gasteiger partial charge in [-0.1, -0.05) is 12.9 Å². The Labute approximate surface area is 130 Å². The SMILES string of the molecule is CB1OCc2cc(N(C)c3cc(C#N)ccc3C#N)ccc21. The third kappa shape index (κ3) is 2.32. The lowest BCUT2D eigenvalue weighted by atomic mass is 9.64. The average Bonchev–Trinajstić information content (AvgIpc) is 2.94. The predicted octanol–water partition coefficient (Wildman–Crippen LogP) is 2.56. The Kier molecular flexibility index (Phi) is 3.59. The molecule has 2 aromatic rings. The van der Waals surface area contributed by atoms with Gasteiger partial charge in [0.15, 0.2) is 0 Å². The lowest BCUT2D eigenvalue weighted by Crippen LogP contribution is -2.24. The Balaban J connectivity index is 2.03. The molecule has 0 amide bonds. The van der Waals surface area contributed by atoms with E-state index >= 15 is 0 Å². The monoisotopic (exact) mass is 287 g/mol. The number of rotatable bonds is 2. The number of fused-ring (bicyclic) bond motifs is 1. The van der Waals surface area contributed by atoms with Crippen molar-refractivity contribution in [3.63, 3.8) is 0 Å². The molecular formula is C17H14BN3O. The van der Waals surface area contributed by atoms with Gasteiger partial charge in [0.1, 0.15) is 6.07 Å². The number of benzene rings is 2. The summed E-state index contributed by atoms with van der Waals surface area (Å²) < 4.78 is 5.63. The topological polar surface area (TPSA) is 60.0 Å². The van der Waals surface area contributed by atoms with Crippen LogP contribution in [0.15, 0.2) is 36.4 Å². The lowest BCUT2D eigenvalue weighted by molar-refractivity contribution is 0.333.